The Labute approximate surface area is 164 Å². The summed E-state index contributed by atoms with van der Waals surface area (Å²) < 4.78 is 2.08. The van der Waals surface area contributed by atoms with Gasteiger partial charge in [-0.1, -0.05) is 13.3 Å². The summed E-state index contributed by atoms with van der Waals surface area (Å²) >= 11 is 0. The van der Waals surface area contributed by atoms with E-state index in [-0.39, 0.29) is 17.0 Å². The molecule has 0 bridgehead atoms. The zero-order valence-corrected chi connectivity index (χ0v) is 16.5. The molecular formula is C22H26N4O2. The summed E-state index contributed by atoms with van der Waals surface area (Å²) in [4.78, 5) is 32.8. The van der Waals surface area contributed by atoms with Gasteiger partial charge >= 0.3 is 0 Å². The SMILES string of the molecule is CCCc1nc2cc(NC(=O)c3cc4c([nH]c3=O)CCCCC4)ccc2n1C. The predicted octanol–water partition coefficient (Wildman–Crippen LogP) is 3.74. The molecule has 6 heteroatoms. The normalized spacial score (nSPS) is 13.9. The Balaban J connectivity index is 1.61. The second-order valence-electron chi connectivity index (χ2n) is 7.57. The van der Waals surface area contributed by atoms with Crippen LogP contribution in [0.25, 0.3) is 11.0 Å². The van der Waals surface area contributed by atoms with E-state index in [1.165, 1.54) is 0 Å². The zero-order chi connectivity index (χ0) is 19.7. The first kappa shape index (κ1) is 18.5. The van der Waals surface area contributed by atoms with Gasteiger partial charge in [0.1, 0.15) is 11.4 Å². The third-order valence-corrected chi connectivity index (χ3v) is 5.54. The number of fused-ring (bicyclic) bond motifs is 2. The Kier molecular flexibility index (Phi) is 5.03. The van der Waals surface area contributed by atoms with Gasteiger partial charge in [-0.05, 0) is 61.9 Å². The molecule has 0 saturated heterocycles. The number of amides is 1. The molecule has 146 valence electrons. The van der Waals surface area contributed by atoms with Crippen LogP contribution in [0.5, 0.6) is 0 Å². The summed E-state index contributed by atoms with van der Waals surface area (Å²) in [6, 6.07) is 7.45. The van der Waals surface area contributed by atoms with E-state index in [4.69, 9.17) is 0 Å². The molecule has 1 aliphatic rings. The van der Waals surface area contributed by atoms with Gasteiger partial charge < -0.3 is 14.9 Å². The number of hydrogen-bond acceptors (Lipinski definition) is 3. The Morgan fingerprint density at radius 2 is 2.04 bits per heavy atom. The van der Waals surface area contributed by atoms with Crippen LogP contribution in [-0.2, 0) is 26.3 Å². The quantitative estimate of drug-likeness (QED) is 0.679. The lowest BCUT2D eigenvalue weighted by Crippen LogP contribution is -2.25. The number of carbonyl (C=O) groups excluding carboxylic acids is 1. The Morgan fingerprint density at radius 1 is 1.21 bits per heavy atom. The number of nitrogens with zero attached hydrogens (tertiary/aromatic N) is 2. The lowest BCUT2D eigenvalue weighted by molar-refractivity contribution is 0.102. The number of hydrogen-bond donors (Lipinski definition) is 2. The third kappa shape index (κ3) is 3.46. The van der Waals surface area contributed by atoms with E-state index in [2.05, 4.69) is 26.8 Å². The van der Waals surface area contributed by atoms with Crippen molar-refractivity contribution in [2.24, 2.45) is 7.05 Å². The molecular weight excluding hydrogens is 352 g/mol. The maximum Gasteiger partial charge on any atom is 0.261 e. The number of rotatable bonds is 4. The predicted molar refractivity (Wildman–Crippen MR) is 111 cm³/mol. The van der Waals surface area contributed by atoms with Crippen molar-refractivity contribution in [3.8, 4) is 0 Å². The Hall–Kier alpha value is -2.89. The third-order valence-electron chi connectivity index (χ3n) is 5.54. The van der Waals surface area contributed by atoms with Crippen molar-refractivity contribution in [3.05, 3.63) is 57.3 Å². The molecule has 1 aliphatic carbocycles. The maximum absolute atomic E-state index is 12.8. The molecule has 28 heavy (non-hydrogen) atoms. The van der Waals surface area contributed by atoms with E-state index < -0.39 is 0 Å². The summed E-state index contributed by atoms with van der Waals surface area (Å²) in [7, 11) is 2.01. The molecule has 0 spiro atoms. The molecule has 0 fully saturated rings. The molecule has 1 aromatic carbocycles. The number of anilines is 1. The van der Waals surface area contributed by atoms with E-state index >= 15 is 0 Å². The van der Waals surface area contributed by atoms with Crippen LogP contribution in [0, 0.1) is 0 Å². The molecule has 6 nitrogen and oxygen atoms in total. The number of pyridine rings is 1. The number of benzene rings is 1. The second-order valence-corrected chi connectivity index (χ2v) is 7.57. The highest BCUT2D eigenvalue weighted by Gasteiger charge is 2.17. The number of aryl methyl sites for hydroxylation is 4. The minimum atomic E-state index is -0.377. The van der Waals surface area contributed by atoms with Crippen molar-refractivity contribution in [2.45, 2.75) is 51.9 Å². The molecule has 1 amide bonds. The number of imidazole rings is 1. The van der Waals surface area contributed by atoms with Crippen molar-refractivity contribution in [1.29, 1.82) is 0 Å². The summed E-state index contributed by atoms with van der Waals surface area (Å²) in [5.74, 6) is 0.653. The molecule has 0 saturated carbocycles. The van der Waals surface area contributed by atoms with Crippen LogP contribution in [0.3, 0.4) is 0 Å². The summed E-state index contributed by atoms with van der Waals surface area (Å²) in [5.41, 5.74) is 4.46. The lowest BCUT2D eigenvalue weighted by atomic mass is 10.1. The van der Waals surface area contributed by atoms with Crippen molar-refractivity contribution in [2.75, 3.05) is 5.32 Å². The van der Waals surface area contributed by atoms with E-state index in [1.54, 1.807) is 6.07 Å². The average molecular weight is 378 g/mol. The van der Waals surface area contributed by atoms with Gasteiger partial charge in [-0.25, -0.2) is 4.98 Å². The number of aromatic amines is 1. The van der Waals surface area contributed by atoms with Crippen LogP contribution in [0.4, 0.5) is 5.69 Å². The summed E-state index contributed by atoms with van der Waals surface area (Å²) in [5, 5.41) is 2.87. The average Bonchev–Trinajstić information content (AvgIpc) is 2.83. The minimum Gasteiger partial charge on any atom is -0.331 e. The fourth-order valence-electron chi connectivity index (χ4n) is 3.99. The number of carbonyl (C=O) groups is 1. The molecule has 0 atom stereocenters. The zero-order valence-electron chi connectivity index (χ0n) is 16.5. The van der Waals surface area contributed by atoms with Crippen molar-refractivity contribution in [3.63, 3.8) is 0 Å². The molecule has 2 N–H and O–H groups in total. The van der Waals surface area contributed by atoms with E-state index in [0.29, 0.717) is 5.69 Å². The molecule has 2 aromatic heterocycles. The first-order valence-corrected chi connectivity index (χ1v) is 10.1. The van der Waals surface area contributed by atoms with Crippen molar-refractivity contribution >= 4 is 22.6 Å². The minimum absolute atomic E-state index is 0.174. The first-order valence-electron chi connectivity index (χ1n) is 10.1. The van der Waals surface area contributed by atoms with Crippen LogP contribution in [0.1, 0.15) is 60.0 Å². The van der Waals surface area contributed by atoms with Gasteiger partial charge in [0.15, 0.2) is 0 Å². The largest absolute Gasteiger partial charge is 0.331 e. The first-order chi connectivity index (χ1) is 13.6. The van der Waals surface area contributed by atoms with E-state index in [9.17, 15) is 9.59 Å². The fraction of sp³-hybridized carbons (Fsp3) is 0.409. The van der Waals surface area contributed by atoms with Crippen LogP contribution < -0.4 is 10.9 Å². The van der Waals surface area contributed by atoms with E-state index in [1.807, 2.05) is 25.2 Å². The topological polar surface area (TPSA) is 79.8 Å². The standard InChI is InChI=1S/C22H26N4O2/c1-3-7-20-24-18-13-15(10-11-19(18)26(20)2)23-21(27)16-12-14-8-5-4-6-9-17(14)25-22(16)28/h10-13H,3-9H2,1-2H3,(H,23,27)(H,25,28). The molecule has 4 rings (SSSR count). The smallest absolute Gasteiger partial charge is 0.261 e. The highest BCUT2D eigenvalue weighted by Crippen LogP contribution is 2.22. The highest BCUT2D eigenvalue weighted by molar-refractivity contribution is 6.04. The monoisotopic (exact) mass is 378 g/mol. The Morgan fingerprint density at radius 3 is 2.86 bits per heavy atom. The van der Waals surface area contributed by atoms with Crippen LogP contribution in [-0.4, -0.2) is 20.4 Å². The van der Waals surface area contributed by atoms with Gasteiger partial charge in [-0.2, -0.15) is 0 Å². The number of H-pyrrole nitrogens is 1. The van der Waals surface area contributed by atoms with Crippen LogP contribution in [0.15, 0.2) is 29.1 Å². The molecule has 0 unspecified atom stereocenters. The number of nitrogens with one attached hydrogen (secondary N) is 2. The fourth-order valence-corrected chi connectivity index (χ4v) is 3.99. The van der Waals surface area contributed by atoms with Gasteiger partial charge in [0, 0.05) is 24.8 Å². The van der Waals surface area contributed by atoms with Crippen molar-refractivity contribution in [1.82, 2.24) is 14.5 Å². The maximum atomic E-state index is 12.8. The lowest BCUT2D eigenvalue weighted by Gasteiger charge is -2.09. The molecule has 0 radical (unpaired) electrons. The summed E-state index contributed by atoms with van der Waals surface area (Å²) in [6.45, 7) is 2.13. The van der Waals surface area contributed by atoms with Gasteiger partial charge in [-0.15, -0.1) is 0 Å². The molecule has 0 aliphatic heterocycles. The van der Waals surface area contributed by atoms with Crippen LogP contribution in [0.2, 0.25) is 0 Å². The van der Waals surface area contributed by atoms with Crippen molar-refractivity contribution < 1.29 is 4.79 Å². The Bertz CT molecular complexity index is 1090. The van der Waals surface area contributed by atoms with Gasteiger partial charge in [0.25, 0.3) is 11.5 Å². The second kappa shape index (κ2) is 7.62. The molecule has 3 aromatic rings. The van der Waals surface area contributed by atoms with E-state index in [0.717, 1.165) is 73.1 Å². The molecule has 2 heterocycles. The van der Waals surface area contributed by atoms with Gasteiger partial charge in [0.05, 0.1) is 11.0 Å². The highest BCUT2D eigenvalue weighted by atomic mass is 16.2. The van der Waals surface area contributed by atoms with Gasteiger partial charge in [0.2, 0.25) is 0 Å². The van der Waals surface area contributed by atoms with Crippen LogP contribution >= 0.6 is 0 Å². The number of aromatic nitrogens is 3. The van der Waals surface area contributed by atoms with Gasteiger partial charge in [-0.3, -0.25) is 9.59 Å². The summed E-state index contributed by atoms with van der Waals surface area (Å²) in [6.07, 6.45) is 7.06.